The van der Waals surface area contributed by atoms with Crippen molar-refractivity contribution in [3.05, 3.63) is 0 Å². The van der Waals surface area contributed by atoms with Gasteiger partial charge in [-0.1, -0.05) is 19.8 Å². The Morgan fingerprint density at radius 1 is 1.32 bits per heavy atom. The zero-order valence-corrected chi connectivity index (χ0v) is 12.3. The van der Waals surface area contributed by atoms with Crippen LogP contribution in [0, 0.1) is 5.92 Å². The SMILES string of the molecule is CCCC[C@H]1CCN2C[C@H]3OC(C)(C)O[C@H]3[C@@H]2[C@H]1O. The average molecular weight is 269 g/mol. The molecular weight excluding hydrogens is 242 g/mol. The maximum atomic E-state index is 10.7. The van der Waals surface area contributed by atoms with Crippen LogP contribution in [0.3, 0.4) is 0 Å². The van der Waals surface area contributed by atoms with Crippen LogP contribution < -0.4 is 0 Å². The minimum atomic E-state index is -0.489. The predicted octanol–water partition coefficient (Wildman–Crippen LogP) is 1.76. The highest BCUT2D eigenvalue weighted by atomic mass is 16.8. The van der Waals surface area contributed by atoms with Gasteiger partial charge in [0.1, 0.15) is 12.2 Å². The maximum absolute atomic E-state index is 10.7. The fraction of sp³-hybridized carbons (Fsp3) is 1.00. The Labute approximate surface area is 116 Å². The predicted molar refractivity (Wildman–Crippen MR) is 72.8 cm³/mol. The van der Waals surface area contributed by atoms with Gasteiger partial charge in [-0.25, -0.2) is 0 Å². The zero-order chi connectivity index (χ0) is 13.6. The number of hydrogen-bond donors (Lipinski definition) is 1. The summed E-state index contributed by atoms with van der Waals surface area (Å²) in [7, 11) is 0. The summed E-state index contributed by atoms with van der Waals surface area (Å²) in [5, 5.41) is 10.7. The van der Waals surface area contributed by atoms with Crippen LogP contribution in [0.4, 0.5) is 0 Å². The van der Waals surface area contributed by atoms with E-state index in [1.807, 2.05) is 13.8 Å². The van der Waals surface area contributed by atoms with Crippen molar-refractivity contribution in [1.82, 2.24) is 4.90 Å². The second-order valence-electron chi connectivity index (χ2n) is 6.81. The van der Waals surface area contributed by atoms with Crippen molar-refractivity contribution in [3.63, 3.8) is 0 Å². The maximum Gasteiger partial charge on any atom is 0.163 e. The van der Waals surface area contributed by atoms with Crippen LogP contribution in [-0.2, 0) is 9.47 Å². The highest BCUT2D eigenvalue weighted by Gasteiger charge is 2.56. The molecule has 3 fully saturated rings. The minimum Gasteiger partial charge on any atom is -0.391 e. The fourth-order valence-corrected chi connectivity index (χ4v) is 4.07. The second kappa shape index (κ2) is 4.99. The number of piperidine rings is 1. The number of aliphatic hydroxyl groups excluding tert-OH is 1. The van der Waals surface area contributed by atoms with Gasteiger partial charge in [-0.15, -0.1) is 0 Å². The van der Waals surface area contributed by atoms with E-state index in [0.29, 0.717) is 5.92 Å². The highest BCUT2D eigenvalue weighted by molar-refractivity contribution is 5.06. The molecule has 0 aromatic carbocycles. The molecule has 0 saturated carbocycles. The molecule has 4 nitrogen and oxygen atoms in total. The number of unbranched alkanes of at least 4 members (excludes halogenated alkanes) is 1. The van der Waals surface area contributed by atoms with Crippen molar-refractivity contribution in [2.75, 3.05) is 13.1 Å². The lowest BCUT2D eigenvalue weighted by Crippen LogP contribution is -2.53. The normalized spacial score (nSPS) is 45.2. The molecule has 0 amide bonds. The van der Waals surface area contributed by atoms with Crippen LogP contribution in [0.5, 0.6) is 0 Å². The number of hydrogen-bond acceptors (Lipinski definition) is 4. The van der Waals surface area contributed by atoms with E-state index < -0.39 is 5.79 Å². The first-order valence-electron chi connectivity index (χ1n) is 7.79. The molecule has 3 aliphatic heterocycles. The van der Waals surface area contributed by atoms with E-state index in [1.165, 1.54) is 12.8 Å². The summed E-state index contributed by atoms with van der Waals surface area (Å²) in [6.45, 7) is 8.15. The van der Waals surface area contributed by atoms with Gasteiger partial charge < -0.3 is 14.6 Å². The number of nitrogens with zero attached hydrogens (tertiary/aromatic N) is 1. The topological polar surface area (TPSA) is 41.9 Å². The third kappa shape index (κ3) is 2.44. The van der Waals surface area contributed by atoms with Crippen LogP contribution in [0.15, 0.2) is 0 Å². The molecule has 3 aliphatic rings. The second-order valence-corrected chi connectivity index (χ2v) is 6.81. The first-order chi connectivity index (χ1) is 9.02. The van der Waals surface area contributed by atoms with Gasteiger partial charge in [-0.05, 0) is 39.2 Å². The van der Waals surface area contributed by atoms with E-state index in [0.717, 1.165) is 25.9 Å². The third-order valence-corrected chi connectivity index (χ3v) is 4.94. The molecule has 0 aliphatic carbocycles. The van der Waals surface area contributed by atoms with E-state index in [-0.39, 0.29) is 24.4 Å². The van der Waals surface area contributed by atoms with Crippen LogP contribution >= 0.6 is 0 Å². The Bertz CT molecular complexity index is 333. The molecule has 3 saturated heterocycles. The Hall–Kier alpha value is -0.160. The van der Waals surface area contributed by atoms with Crippen molar-refractivity contribution in [1.29, 1.82) is 0 Å². The fourth-order valence-electron chi connectivity index (χ4n) is 4.07. The molecule has 0 aromatic rings. The zero-order valence-electron chi connectivity index (χ0n) is 12.3. The van der Waals surface area contributed by atoms with Gasteiger partial charge in [0.15, 0.2) is 5.79 Å². The van der Waals surface area contributed by atoms with Gasteiger partial charge in [0.25, 0.3) is 0 Å². The van der Waals surface area contributed by atoms with E-state index >= 15 is 0 Å². The highest BCUT2D eigenvalue weighted by Crippen LogP contribution is 2.42. The quantitative estimate of drug-likeness (QED) is 0.848. The summed E-state index contributed by atoms with van der Waals surface area (Å²) in [5.41, 5.74) is 0. The molecule has 0 bridgehead atoms. The molecule has 3 rings (SSSR count). The Morgan fingerprint density at radius 3 is 2.84 bits per heavy atom. The number of aliphatic hydroxyl groups is 1. The lowest BCUT2D eigenvalue weighted by atomic mass is 9.83. The molecule has 4 heteroatoms. The number of fused-ring (bicyclic) bond motifs is 3. The number of rotatable bonds is 3. The molecule has 0 radical (unpaired) electrons. The summed E-state index contributed by atoms with van der Waals surface area (Å²) in [5.74, 6) is -0.0513. The van der Waals surface area contributed by atoms with Gasteiger partial charge in [0, 0.05) is 6.54 Å². The van der Waals surface area contributed by atoms with E-state index in [2.05, 4.69) is 11.8 Å². The lowest BCUT2D eigenvalue weighted by molar-refractivity contribution is -0.173. The molecule has 3 heterocycles. The number of ether oxygens (including phenoxy) is 2. The molecule has 110 valence electrons. The van der Waals surface area contributed by atoms with Crippen molar-refractivity contribution in [2.45, 2.75) is 76.6 Å². The Kier molecular flexibility index (Phi) is 3.63. The Balaban J connectivity index is 1.70. The van der Waals surface area contributed by atoms with Crippen LogP contribution in [0.2, 0.25) is 0 Å². The summed E-state index contributed by atoms with van der Waals surface area (Å²) < 4.78 is 12.0. The monoisotopic (exact) mass is 269 g/mol. The molecule has 0 aromatic heterocycles. The third-order valence-electron chi connectivity index (χ3n) is 4.94. The standard InChI is InChI=1S/C15H27NO3/c1-4-5-6-10-7-8-16-9-11-14(12(16)13(10)17)19-15(2,3)18-11/h10-14,17H,4-9H2,1-3H3/t10-,11+,12-,13-,14+/m0/s1. The largest absolute Gasteiger partial charge is 0.391 e. The minimum absolute atomic E-state index is 0.0504. The van der Waals surface area contributed by atoms with Crippen molar-refractivity contribution in [2.24, 2.45) is 5.92 Å². The van der Waals surface area contributed by atoms with Gasteiger partial charge in [-0.2, -0.15) is 0 Å². The van der Waals surface area contributed by atoms with E-state index in [9.17, 15) is 5.11 Å². The summed E-state index contributed by atoms with van der Waals surface area (Å²) in [4.78, 5) is 2.37. The van der Waals surface area contributed by atoms with Crippen molar-refractivity contribution >= 4 is 0 Å². The van der Waals surface area contributed by atoms with Crippen LogP contribution in [0.25, 0.3) is 0 Å². The smallest absolute Gasteiger partial charge is 0.163 e. The van der Waals surface area contributed by atoms with Gasteiger partial charge in [0.2, 0.25) is 0 Å². The van der Waals surface area contributed by atoms with Crippen LogP contribution in [-0.4, -0.2) is 53.2 Å². The van der Waals surface area contributed by atoms with E-state index in [1.54, 1.807) is 0 Å². The van der Waals surface area contributed by atoms with Crippen molar-refractivity contribution in [3.8, 4) is 0 Å². The van der Waals surface area contributed by atoms with Crippen LogP contribution in [0.1, 0.15) is 46.5 Å². The van der Waals surface area contributed by atoms with Gasteiger partial charge in [-0.3, -0.25) is 4.90 Å². The molecule has 0 unspecified atom stereocenters. The van der Waals surface area contributed by atoms with Gasteiger partial charge in [0.05, 0.1) is 12.1 Å². The lowest BCUT2D eigenvalue weighted by Gasteiger charge is -2.41. The molecule has 1 N–H and O–H groups in total. The first kappa shape index (κ1) is 13.8. The molecule has 5 atom stereocenters. The molecule has 19 heavy (non-hydrogen) atoms. The van der Waals surface area contributed by atoms with E-state index in [4.69, 9.17) is 9.47 Å². The summed E-state index contributed by atoms with van der Waals surface area (Å²) >= 11 is 0. The summed E-state index contributed by atoms with van der Waals surface area (Å²) in [6, 6.07) is 0.141. The van der Waals surface area contributed by atoms with Gasteiger partial charge >= 0.3 is 0 Å². The molecular formula is C15H27NO3. The van der Waals surface area contributed by atoms with Crippen molar-refractivity contribution < 1.29 is 14.6 Å². The Morgan fingerprint density at radius 2 is 2.11 bits per heavy atom. The first-order valence-corrected chi connectivity index (χ1v) is 7.79. The average Bonchev–Trinajstić information content (AvgIpc) is 2.80. The summed E-state index contributed by atoms with van der Waals surface area (Å²) in [6.07, 6.45) is 4.60. The molecule has 0 spiro atoms.